The highest BCUT2D eigenvalue weighted by Gasteiger charge is 2.26. The molecule has 2 N–H and O–H groups in total. The van der Waals surface area contributed by atoms with E-state index >= 15 is 0 Å². The number of benzene rings is 1. The van der Waals surface area contributed by atoms with Gasteiger partial charge in [0.25, 0.3) is 0 Å². The molecule has 104 valence electrons. The van der Waals surface area contributed by atoms with E-state index in [1.807, 2.05) is 19.1 Å². The predicted octanol–water partition coefficient (Wildman–Crippen LogP) is 0.634. The van der Waals surface area contributed by atoms with Crippen molar-refractivity contribution >= 4 is 11.7 Å². The molecule has 0 bridgehead atoms. The lowest BCUT2D eigenvalue weighted by Crippen LogP contribution is -2.43. The van der Waals surface area contributed by atoms with Crippen molar-refractivity contribution in [2.45, 2.75) is 12.5 Å². The second-order valence-electron chi connectivity index (χ2n) is 5.13. The van der Waals surface area contributed by atoms with Gasteiger partial charge in [-0.3, -0.25) is 0 Å². The van der Waals surface area contributed by atoms with Crippen molar-refractivity contribution in [1.82, 2.24) is 5.32 Å². The first-order chi connectivity index (χ1) is 9.02. The van der Waals surface area contributed by atoms with Crippen molar-refractivity contribution in [1.29, 1.82) is 0 Å². The number of hydrogen-bond donors (Lipinski definition) is 2. The van der Waals surface area contributed by atoms with Crippen molar-refractivity contribution in [3.63, 3.8) is 0 Å². The molecule has 1 aromatic carbocycles. The third kappa shape index (κ3) is 3.45. The van der Waals surface area contributed by atoms with Gasteiger partial charge < -0.3 is 20.1 Å². The van der Waals surface area contributed by atoms with Gasteiger partial charge in [0.05, 0.1) is 18.3 Å². The molecule has 1 unspecified atom stereocenters. The fourth-order valence-electron chi connectivity index (χ4n) is 2.26. The summed E-state index contributed by atoms with van der Waals surface area (Å²) in [7, 11) is 1.37. The Hall–Kier alpha value is -1.59. The summed E-state index contributed by atoms with van der Waals surface area (Å²) in [4.78, 5) is 13.5. The van der Waals surface area contributed by atoms with E-state index in [2.05, 4.69) is 15.0 Å². The second-order valence-corrected chi connectivity index (χ2v) is 5.13. The largest absolute Gasteiger partial charge is 0.465 e. The topological polar surface area (TPSA) is 61.8 Å². The molecule has 2 rings (SSSR count). The zero-order valence-electron chi connectivity index (χ0n) is 11.3. The third-order valence-corrected chi connectivity index (χ3v) is 3.25. The molecule has 1 fully saturated rings. The quantitative estimate of drug-likeness (QED) is 0.767. The van der Waals surface area contributed by atoms with Crippen LogP contribution in [0.2, 0.25) is 0 Å². The molecule has 1 atom stereocenters. The monoisotopic (exact) mass is 264 g/mol. The average Bonchev–Trinajstić information content (AvgIpc) is 2.59. The molecule has 1 aliphatic rings. The van der Waals surface area contributed by atoms with Crippen molar-refractivity contribution in [2.24, 2.45) is 0 Å². The molecular weight excluding hydrogens is 244 g/mol. The van der Waals surface area contributed by atoms with Gasteiger partial charge in [0.2, 0.25) is 0 Å². The Labute approximate surface area is 113 Å². The van der Waals surface area contributed by atoms with Crippen LogP contribution in [0.25, 0.3) is 0 Å². The Morgan fingerprint density at radius 1 is 1.42 bits per heavy atom. The number of carbonyl (C=O) groups is 1. The number of aliphatic hydroxyl groups is 1. The summed E-state index contributed by atoms with van der Waals surface area (Å²) in [6.07, 6.45) is 0. The van der Waals surface area contributed by atoms with E-state index in [0.29, 0.717) is 18.7 Å². The number of hydrogen-bond acceptors (Lipinski definition) is 5. The van der Waals surface area contributed by atoms with E-state index in [0.717, 1.165) is 18.8 Å². The highest BCUT2D eigenvalue weighted by molar-refractivity contribution is 5.89. The van der Waals surface area contributed by atoms with Crippen LogP contribution in [-0.2, 0) is 4.74 Å². The molecule has 5 heteroatoms. The van der Waals surface area contributed by atoms with Gasteiger partial charge in [-0.25, -0.2) is 4.79 Å². The molecule has 5 nitrogen and oxygen atoms in total. The van der Waals surface area contributed by atoms with Gasteiger partial charge in [0, 0.05) is 31.9 Å². The van der Waals surface area contributed by atoms with E-state index in [1.54, 1.807) is 12.1 Å². The number of nitrogens with one attached hydrogen (secondary N) is 1. The molecule has 0 saturated carbocycles. The number of carbonyl (C=O) groups excluding carboxylic acids is 1. The van der Waals surface area contributed by atoms with Crippen LogP contribution in [0.4, 0.5) is 5.69 Å². The minimum atomic E-state index is -0.752. The number of rotatable bonds is 2. The Kier molecular flexibility index (Phi) is 4.07. The average molecular weight is 264 g/mol. The molecular formula is C14H20N2O3. The lowest BCUT2D eigenvalue weighted by Gasteiger charge is -2.29. The number of ether oxygens (including phenoxy) is 1. The third-order valence-electron chi connectivity index (χ3n) is 3.25. The van der Waals surface area contributed by atoms with Gasteiger partial charge in [0.1, 0.15) is 0 Å². The molecule has 1 aliphatic heterocycles. The Balaban J connectivity index is 2.14. The molecule has 0 radical (unpaired) electrons. The van der Waals surface area contributed by atoms with Crippen LogP contribution in [0.5, 0.6) is 0 Å². The zero-order valence-corrected chi connectivity index (χ0v) is 11.3. The summed E-state index contributed by atoms with van der Waals surface area (Å²) in [5, 5.41) is 13.4. The summed E-state index contributed by atoms with van der Waals surface area (Å²) in [5.41, 5.74) is 0.778. The molecule has 1 aromatic rings. The minimum Gasteiger partial charge on any atom is -0.465 e. The van der Waals surface area contributed by atoms with Gasteiger partial charge in [-0.15, -0.1) is 0 Å². The number of β-amino-alcohol motifs (C(OH)–C–C–N with tert-alkyl or cyclic N) is 1. The van der Waals surface area contributed by atoms with Crippen LogP contribution in [0, 0.1) is 0 Å². The van der Waals surface area contributed by atoms with Crippen LogP contribution in [0.3, 0.4) is 0 Å². The maximum absolute atomic E-state index is 11.4. The fraction of sp³-hybridized carbons (Fsp3) is 0.500. The summed E-state index contributed by atoms with van der Waals surface area (Å²) in [6.45, 7) is 4.63. The molecule has 0 aliphatic carbocycles. The van der Waals surface area contributed by atoms with Crippen molar-refractivity contribution in [2.75, 3.05) is 38.2 Å². The molecule has 19 heavy (non-hydrogen) atoms. The molecule has 1 saturated heterocycles. The van der Waals surface area contributed by atoms with E-state index < -0.39 is 5.60 Å². The maximum atomic E-state index is 11.4. The van der Waals surface area contributed by atoms with Crippen LogP contribution in [0.15, 0.2) is 24.3 Å². The van der Waals surface area contributed by atoms with Crippen LogP contribution in [0.1, 0.15) is 17.3 Å². The SMILES string of the molecule is COC(=O)c1ccc(N2CCNCC(C)(O)C2)cc1. The zero-order chi connectivity index (χ0) is 13.9. The summed E-state index contributed by atoms with van der Waals surface area (Å²) in [6, 6.07) is 7.25. The number of nitrogens with zero attached hydrogens (tertiary/aromatic N) is 1. The minimum absolute atomic E-state index is 0.337. The van der Waals surface area contributed by atoms with Crippen LogP contribution < -0.4 is 10.2 Å². The summed E-state index contributed by atoms with van der Waals surface area (Å²) < 4.78 is 4.67. The normalized spacial score (nSPS) is 23.8. The van der Waals surface area contributed by atoms with Gasteiger partial charge in [-0.2, -0.15) is 0 Å². The molecule has 0 aromatic heterocycles. The molecule has 0 amide bonds. The summed E-state index contributed by atoms with van der Waals surface area (Å²) >= 11 is 0. The van der Waals surface area contributed by atoms with Gasteiger partial charge >= 0.3 is 5.97 Å². The molecule has 0 spiro atoms. The highest BCUT2D eigenvalue weighted by Crippen LogP contribution is 2.19. The lowest BCUT2D eigenvalue weighted by molar-refractivity contribution is 0.0600. The van der Waals surface area contributed by atoms with Crippen LogP contribution >= 0.6 is 0 Å². The Bertz CT molecular complexity index is 443. The number of esters is 1. The predicted molar refractivity (Wildman–Crippen MR) is 73.5 cm³/mol. The second kappa shape index (κ2) is 5.59. The van der Waals surface area contributed by atoms with Crippen molar-refractivity contribution in [3.8, 4) is 0 Å². The first-order valence-corrected chi connectivity index (χ1v) is 6.38. The van der Waals surface area contributed by atoms with Gasteiger partial charge in [0.15, 0.2) is 0 Å². The first kappa shape index (κ1) is 13.8. The van der Waals surface area contributed by atoms with E-state index in [1.165, 1.54) is 7.11 Å². The Morgan fingerprint density at radius 3 is 2.74 bits per heavy atom. The van der Waals surface area contributed by atoms with Crippen molar-refractivity contribution in [3.05, 3.63) is 29.8 Å². The maximum Gasteiger partial charge on any atom is 0.337 e. The van der Waals surface area contributed by atoms with Crippen LogP contribution in [-0.4, -0.2) is 50.0 Å². The van der Waals surface area contributed by atoms with Gasteiger partial charge in [-0.05, 0) is 31.2 Å². The van der Waals surface area contributed by atoms with E-state index in [9.17, 15) is 9.90 Å². The summed E-state index contributed by atoms with van der Waals surface area (Å²) in [5.74, 6) is -0.337. The number of anilines is 1. The number of methoxy groups -OCH3 is 1. The Morgan fingerprint density at radius 2 is 2.11 bits per heavy atom. The van der Waals surface area contributed by atoms with Gasteiger partial charge in [-0.1, -0.05) is 0 Å². The standard InChI is InChI=1S/C14H20N2O3/c1-14(18)9-15-7-8-16(10-14)12-5-3-11(4-6-12)13(17)19-2/h3-6,15,18H,7-10H2,1-2H3. The highest BCUT2D eigenvalue weighted by atomic mass is 16.5. The fourth-order valence-corrected chi connectivity index (χ4v) is 2.26. The van der Waals surface area contributed by atoms with E-state index in [4.69, 9.17) is 0 Å². The van der Waals surface area contributed by atoms with E-state index in [-0.39, 0.29) is 5.97 Å². The molecule has 1 heterocycles. The lowest BCUT2D eigenvalue weighted by atomic mass is 10.1. The smallest absolute Gasteiger partial charge is 0.337 e. The first-order valence-electron chi connectivity index (χ1n) is 6.38. The van der Waals surface area contributed by atoms with Crippen molar-refractivity contribution < 1.29 is 14.6 Å².